The summed E-state index contributed by atoms with van der Waals surface area (Å²) in [4.78, 5) is 47.3. The molecule has 0 radical (unpaired) electrons. The molecule has 1 aromatic carbocycles. The van der Waals surface area contributed by atoms with Gasteiger partial charge in [-0.05, 0) is 37.0 Å². The summed E-state index contributed by atoms with van der Waals surface area (Å²) in [6.45, 7) is 4.33. The molecule has 0 aliphatic heterocycles. The second-order valence-corrected chi connectivity index (χ2v) is 7.05. The molecule has 0 aromatic heterocycles. The number of hydrogen-bond donors (Lipinski definition) is 6. The average Bonchev–Trinajstić information content (AvgIpc) is 2.65. The van der Waals surface area contributed by atoms with Crippen LogP contribution in [0.3, 0.4) is 0 Å². The summed E-state index contributed by atoms with van der Waals surface area (Å²) in [6, 6.07) is 3.29. The molecule has 0 spiro atoms. The Hall–Kier alpha value is -3.14. The van der Waals surface area contributed by atoms with E-state index >= 15 is 0 Å². The van der Waals surface area contributed by atoms with Crippen molar-refractivity contribution in [2.75, 3.05) is 6.54 Å². The third-order valence-electron chi connectivity index (χ3n) is 4.15. The number of nitrogens with two attached hydrogens (primary N) is 1. The van der Waals surface area contributed by atoms with Gasteiger partial charge in [-0.1, -0.05) is 26.0 Å². The van der Waals surface area contributed by atoms with Gasteiger partial charge in [0.2, 0.25) is 17.7 Å². The van der Waals surface area contributed by atoms with Gasteiger partial charge in [-0.2, -0.15) is 0 Å². The van der Waals surface area contributed by atoms with Crippen molar-refractivity contribution >= 4 is 23.7 Å². The van der Waals surface area contributed by atoms with Gasteiger partial charge in [0.05, 0.1) is 12.6 Å². The van der Waals surface area contributed by atoms with Crippen LogP contribution in [0.15, 0.2) is 24.3 Å². The first-order valence-corrected chi connectivity index (χ1v) is 9.15. The number of carbonyl (C=O) groups excluding carboxylic acids is 3. The number of amides is 3. The smallest absolute Gasteiger partial charge is 0.325 e. The Kier molecular flexibility index (Phi) is 9.07. The lowest BCUT2D eigenvalue weighted by molar-refractivity contribution is -0.142. The second kappa shape index (κ2) is 11.0. The van der Waals surface area contributed by atoms with Crippen molar-refractivity contribution < 1.29 is 29.4 Å². The first-order chi connectivity index (χ1) is 13.5. The lowest BCUT2D eigenvalue weighted by Crippen LogP contribution is -2.55. The maximum Gasteiger partial charge on any atom is 0.325 e. The monoisotopic (exact) mass is 408 g/mol. The highest BCUT2D eigenvalue weighted by Crippen LogP contribution is 2.10. The topological polar surface area (TPSA) is 171 Å². The van der Waals surface area contributed by atoms with Gasteiger partial charge in [0.25, 0.3) is 0 Å². The minimum absolute atomic E-state index is 0.102. The molecule has 0 fully saturated rings. The average molecular weight is 408 g/mol. The molecule has 3 atom stereocenters. The van der Waals surface area contributed by atoms with E-state index in [0.29, 0.717) is 0 Å². The van der Waals surface area contributed by atoms with Gasteiger partial charge in [0, 0.05) is 0 Å². The van der Waals surface area contributed by atoms with Crippen LogP contribution in [-0.4, -0.2) is 58.6 Å². The summed E-state index contributed by atoms with van der Waals surface area (Å²) in [5, 5.41) is 25.3. The highest BCUT2D eigenvalue weighted by Gasteiger charge is 2.27. The molecule has 7 N–H and O–H groups in total. The van der Waals surface area contributed by atoms with Crippen molar-refractivity contribution in [2.24, 2.45) is 11.7 Å². The first-order valence-electron chi connectivity index (χ1n) is 9.15. The van der Waals surface area contributed by atoms with E-state index in [2.05, 4.69) is 16.0 Å². The zero-order valence-electron chi connectivity index (χ0n) is 16.6. The van der Waals surface area contributed by atoms with Gasteiger partial charge in [-0.15, -0.1) is 0 Å². The van der Waals surface area contributed by atoms with Crippen molar-refractivity contribution in [3.8, 4) is 5.75 Å². The molecule has 29 heavy (non-hydrogen) atoms. The van der Waals surface area contributed by atoms with Crippen LogP contribution in [0.4, 0.5) is 0 Å². The zero-order chi connectivity index (χ0) is 22.1. The maximum atomic E-state index is 12.2. The minimum Gasteiger partial charge on any atom is -0.508 e. The normalized spacial score (nSPS) is 13.8. The fourth-order valence-electron chi connectivity index (χ4n) is 2.40. The zero-order valence-corrected chi connectivity index (χ0v) is 16.6. The van der Waals surface area contributed by atoms with Gasteiger partial charge in [-0.3, -0.25) is 19.2 Å². The van der Waals surface area contributed by atoms with Crippen LogP contribution in [0.2, 0.25) is 0 Å². The lowest BCUT2D eigenvalue weighted by Gasteiger charge is -2.23. The number of nitrogens with one attached hydrogen (secondary N) is 3. The number of hydrogen-bond acceptors (Lipinski definition) is 6. The Bertz CT molecular complexity index is 735. The molecule has 10 nitrogen and oxygen atoms in total. The Morgan fingerprint density at radius 1 is 1.00 bits per heavy atom. The van der Waals surface area contributed by atoms with Crippen LogP contribution in [-0.2, 0) is 25.6 Å². The van der Waals surface area contributed by atoms with Crippen LogP contribution in [0.5, 0.6) is 5.75 Å². The highest BCUT2D eigenvalue weighted by molar-refractivity contribution is 5.92. The van der Waals surface area contributed by atoms with Gasteiger partial charge >= 0.3 is 5.97 Å². The Morgan fingerprint density at radius 2 is 1.59 bits per heavy atom. The van der Waals surface area contributed by atoms with Gasteiger partial charge < -0.3 is 31.9 Å². The molecule has 0 bridgehead atoms. The molecule has 0 saturated heterocycles. The van der Waals surface area contributed by atoms with E-state index in [0.717, 1.165) is 5.56 Å². The van der Waals surface area contributed by atoms with Crippen LogP contribution < -0.4 is 21.7 Å². The van der Waals surface area contributed by atoms with E-state index in [-0.39, 0.29) is 24.6 Å². The quantitative estimate of drug-likeness (QED) is 0.291. The van der Waals surface area contributed by atoms with E-state index in [9.17, 15) is 24.3 Å². The molecule has 0 heterocycles. The van der Waals surface area contributed by atoms with Crippen molar-refractivity contribution in [3.63, 3.8) is 0 Å². The largest absolute Gasteiger partial charge is 0.508 e. The fraction of sp³-hybridized carbons (Fsp3) is 0.474. The number of aromatic hydroxyl groups is 1. The van der Waals surface area contributed by atoms with E-state index < -0.39 is 41.8 Å². The van der Waals surface area contributed by atoms with Crippen molar-refractivity contribution in [1.29, 1.82) is 0 Å². The molecule has 0 aliphatic rings. The van der Waals surface area contributed by atoms with Gasteiger partial charge in [-0.25, -0.2) is 0 Å². The number of carboxylic acid groups (broad SMARTS) is 1. The molecule has 160 valence electrons. The number of carboxylic acids is 1. The number of phenols is 1. The third-order valence-corrected chi connectivity index (χ3v) is 4.15. The minimum atomic E-state index is -1.19. The van der Waals surface area contributed by atoms with Crippen LogP contribution in [0.25, 0.3) is 0 Å². The highest BCUT2D eigenvalue weighted by atomic mass is 16.4. The molecular formula is C19H28N4O6. The second-order valence-electron chi connectivity index (χ2n) is 7.05. The van der Waals surface area contributed by atoms with E-state index in [1.807, 2.05) is 0 Å². The van der Waals surface area contributed by atoms with Crippen molar-refractivity contribution in [2.45, 2.75) is 45.3 Å². The van der Waals surface area contributed by atoms with Crippen LogP contribution in [0.1, 0.15) is 26.3 Å². The molecule has 3 amide bonds. The van der Waals surface area contributed by atoms with E-state index in [1.54, 1.807) is 26.0 Å². The molecule has 10 heteroatoms. The van der Waals surface area contributed by atoms with Crippen molar-refractivity contribution in [3.05, 3.63) is 29.8 Å². The molecule has 3 unspecified atom stereocenters. The summed E-state index contributed by atoms with van der Waals surface area (Å²) in [7, 11) is 0. The van der Waals surface area contributed by atoms with E-state index in [4.69, 9.17) is 10.8 Å². The SMILES string of the molecule is CC(NC(=O)C(NC(=O)CNC(=O)C(N)Cc1ccc(O)cc1)C(C)C)C(=O)O. The summed E-state index contributed by atoms with van der Waals surface area (Å²) in [6.07, 6.45) is 0.220. The summed E-state index contributed by atoms with van der Waals surface area (Å²) >= 11 is 0. The first kappa shape index (κ1) is 23.9. The number of benzene rings is 1. The number of carbonyl (C=O) groups is 4. The standard InChI is InChI=1S/C19H28N4O6/c1-10(2)16(18(27)22-11(3)19(28)29)23-15(25)9-21-17(26)14(20)8-12-4-6-13(24)7-5-12/h4-7,10-11,14,16,24H,8-9,20H2,1-3H3,(H,21,26)(H,22,27)(H,23,25)(H,28,29). The summed E-state index contributed by atoms with van der Waals surface area (Å²) in [5.41, 5.74) is 6.58. The molecule has 1 rings (SSSR count). The van der Waals surface area contributed by atoms with Crippen LogP contribution >= 0.6 is 0 Å². The Labute approximate surface area is 168 Å². The predicted octanol–water partition coefficient (Wildman–Crippen LogP) is -0.892. The Morgan fingerprint density at radius 3 is 2.10 bits per heavy atom. The molecule has 0 saturated carbocycles. The van der Waals surface area contributed by atoms with Gasteiger partial charge in [0.1, 0.15) is 17.8 Å². The third kappa shape index (κ3) is 8.18. The van der Waals surface area contributed by atoms with Crippen LogP contribution in [0, 0.1) is 5.92 Å². The number of aliphatic carboxylic acids is 1. The molecule has 1 aromatic rings. The lowest BCUT2D eigenvalue weighted by atomic mass is 10.0. The Balaban J connectivity index is 2.53. The molecule has 0 aliphatic carbocycles. The summed E-state index contributed by atoms with van der Waals surface area (Å²) < 4.78 is 0. The van der Waals surface area contributed by atoms with E-state index in [1.165, 1.54) is 19.1 Å². The van der Waals surface area contributed by atoms with Gasteiger partial charge in [0.15, 0.2) is 0 Å². The number of phenolic OH excluding ortho intramolecular Hbond substituents is 1. The molecular weight excluding hydrogens is 380 g/mol. The fourth-order valence-corrected chi connectivity index (χ4v) is 2.40. The predicted molar refractivity (Wildman–Crippen MR) is 105 cm³/mol. The number of rotatable bonds is 10. The maximum absolute atomic E-state index is 12.2. The summed E-state index contributed by atoms with van der Waals surface area (Å²) in [5.74, 6) is -3.16. The van der Waals surface area contributed by atoms with Crippen molar-refractivity contribution in [1.82, 2.24) is 16.0 Å².